The molecule has 4 aromatic rings. The molecule has 0 saturated carbocycles. The summed E-state index contributed by atoms with van der Waals surface area (Å²) in [5.41, 5.74) is 0.637. The number of ether oxygens (including phenoxy) is 1. The zero-order chi connectivity index (χ0) is 20.1. The van der Waals surface area contributed by atoms with Gasteiger partial charge in [0.05, 0.1) is 0 Å². The number of methoxy groups -OCH3 is 1. The standard InChI is InChI=1S/C26H24FOP/c1-28-26-19-11-18-25(27)24(26)20-29(21-12-5-2-6-13-21,22-14-7-3-8-15-22)23-16-9-4-10-17-23/h2-19,29H,20H2,1H3. The third kappa shape index (κ3) is 3.69. The molecule has 146 valence electrons. The quantitative estimate of drug-likeness (QED) is 0.410. The van der Waals surface area contributed by atoms with Gasteiger partial charge in [0.25, 0.3) is 0 Å². The van der Waals surface area contributed by atoms with Crippen molar-refractivity contribution < 1.29 is 9.13 Å². The normalized spacial score (nSPS) is 11.8. The molecule has 3 heteroatoms. The van der Waals surface area contributed by atoms with Crippen LogP contribution in [0.15, 0.2) is 109 Å². The van der Waals surface area contributed by atoms with E-state index in [0.29, 0.717) is 17.5 Å². The van der Waals surface area contributed by atoms with Crippen LogP contribution in [0.4, 0.5) is 4.39 Å². The summed E-state index contributed by atoms with van der Waals surface area (Å²) < 4.78 is 20.6. The van der Waals surface area contributed by atoms with Crippen LogP contribution in [0.25, 0.3) is 0 Å². The van der Waals surface area contributed by atoms with E-state index in [1.54, 1.807) is 13.2 Å². The SMILES string of the molecule is COc1cccc(F)c1C[PH](c1ccccc1)(c1ccccc1)c1ccccc1. The zero-order valence-electron chi connectivity index (χ0n) is 16.4. The molecule has 0 amide bonds. The summed E-state index contributed by atoms with van der Waals surface area (Å²) in [5.74, 6) is 0.383. The Kier molecular flexibility index (Phi) is 5.74. The first-order chi connectivity index (χ1) is 14.3. The summed E-state index contributed by atoms with van der Waals surface area (Å²) in [5, 5.41) is 3.76. The fourth-order valence-electron chi connectivity index (χ4n) is 4.14. The predicted molar refractivity (Wildman–Crippen MR) is 123 cm³/mol. The van der Waals surface area contributed by atoms with E-state index in [9.17, 15) is 0 Å². The molecule has 29 heavy (non-hydrogen) atoms. The Morgan fingerprint density at radius 3 is 1.48 bits per heavy atom. The first-order valence-electron chi connectivity index (χ1n) is 9.73. The van der Waals surface area contributed by atoms with Crippen molar-refractivity contribution in [3.8, 4) is 5.75 Å². The Balaban J connectivity index is 2.04. The topological polar surface area (TPSA) is 9.23 Å². The molecule has 0 aliphatic heterocycles. The molecule has 0 aliphatic rings. The molecule has 0 fully saturated rings. The second-order valence-corrected chi connectivity index (χ2v) is 11.0. The van der Waals surface area contributed by atoms with E-state index in [-0.39, 0.29) is 5.82 Å². The van der Waals surface area contributed by atoms with Crippen molar-refractivity contribution in [2.45, 2.75) is 6.16 Å². The number of halogens is 1. The van der Waals surface area contributed by atoms with Gasteiger partial charge < -0.3 is 0 Å². The van der Waals surface area contributed by atoms with Crippen molar-refractivity contribution in [1.82, 2.24) is 0 Å². The molecule has 0 unspecified atom stereocenters. The number of benzene rings is 4. The van der Waals surface area contributed by atoms with Crippen LogP contribution >= 0.6 is 7.26 Å². The number of hydrogen-bond acceptors (Lipinski definition) is 1. The molecule has 0 aliphatic carbocycles. The molecule has 0 N–H and O–H groups in total. The van der Waals surface area contributed by atoms with Gasteiger partial charge in [-0.1, -0.05) is 0 Å². The van der Waals surface area contributed by atoms with Gasteiger partial charge in [-0.15, -0.1) is 0 Å². The third-order valence-corrected chi connectivity index (χ3v) is 10.4. The van der Waals surface area contributed by atoms with Gasteiger partial charge in [0, 0.05) is 0 Å². The number of rotatable bonds is 6. The van der Waals surface area contributed by atoms with Crippen molar-refractivity contribution >= 4 is 23.2 Å². The van der Waals surface area contributed by atoms with Crippen LogP contribution in [-0.4, -0.2) is 7.11 Å². The Bertz CT molecular complexity index is 969. The summed E-state index contributed by atoms with van der Waals surface area (Å²) in [4.78, 5) is 0. The average Bonchev–Trinajstić information content (AvgIpc) is 2.80. The molecular weight excluding hydrogens is 378 g/mol. The van der Waals surface area contributed by atoms with E-state index in [2.05, 4.69) is 72.8 Å². The molecule has 0 atom stereocenters. The van der Waals surface area contributed by atoms with Gasteiger partial charge >= 0.3 is 172 Å². The van der Waals surface area contributed by atoms with Crippen LogP contribution in [0, 0.1) is 5.82 Å². The van der Waals surface area contributed by atoms with Crippen LogP contribution in [0.5, 0.6) is 5.75 Å². The number of hydrogen-bond donors (Lipinski definition) is 0. The molecule has 1 nitrogen and oxygen atoms in total. The van der Waals surface area contributed by atoms with Crippen molar-refractivity contribution in [3.05, 3.63) is 121 Å². The summed E-state index contributed by atoms with van der Waals surface area (Å²) >= 11 is 0. The van der Waals surface area contributed by atoms with E-state index in [0.717, 1.165) is 0 Å². The zero-order valence-corrected chi connectivity index (χ0v) is 17.4. The van der Waals surface area contributed by atoms with Gasteiger partial charge in [-0.05, 0) is 0 Å². The molecule has 4 aromatic carbocycles. The molecule has 0 heterocycles. The van der Waals surface area contributed by atoms with Gasteiger partial charge in [0.2, 0.25) is 0 Å². The van der Waals surface area contributed by atoms with Crippen LogP contribution < -0.4 is 20.7 Å². The van der Waals surface area contributed by atoms with Crippen molar-refractivity contribution in [2.24, 2.45) is 0 Å². The fourth-order valence-corrected chi connectivity index (χ4v) is 8.91. The molecule has 0 spiro atoms. The van der Waals surface area contributed by atoms with E-state index in [1.807, 2.05) is 24.3 Å². The molecule has 0 radical (unpaired) electrons. The van der Waals surface area contributed by atoms with Crippen LogP contribution in [0.3, 0.4) is 0 Å². The molecule has 0 bridgehead atoms. The Labute approximate surface area is 172 Å². The van der Waals surface area contributed by atoms with E-state index in [1.165, 1.54) is 22.0 Å². The van der Waals surface area contributed by atoms with E-state index in [4.69, 9.17) is 4.74 Å². The second kappa shape index (κ2) is 8.59. The van der Waals surface area contributed by atoms with Crippen molar-refractivity contribution in [2.75, 3.05) is 7.11 Å². The van der Waals surface area contributed by atoms with Gasteiger partial charge in [-0.25, -0.2) is 0 Å². The van der Waals surface area contributed by atoms with Crippen molar-refractivity contribution in [3.63, 3.8) is 0 Å². The Morgan fingerprint density at radius 2 is 1.07 bits per heavy atom. The average molecular weight is 402 g/mol. The molecule has 0 saturated heterocycles. The molecule has 0 aromatic heterocycles. The van der Waals surface area contributed by atoms with Gasteiger partial charge in [-0.2, -0.15) is 0 Å². The maximum absolute atomic E-state index is 15.1. The first kappa shape index (κ1) is 19.4. The summed E-state index contributed by atoms with van der Waals surface area (Å²) in [6.07, 6.45) is 0.584. The van der Waals surface area contributed by atoms with Gasteiger partial charge in [0.15, 0.2) is 0 Å². The van der Waals surface area contributed by atoms with Crippen molar-refractivity contribution in [1.29, 1.82) is 0 Å². The third-order valence-electron chi connectivity index (χ3n) is 5.54. The van der Waals surface area contributed by atoms with Crippen LogP contribution in [-0.2, 0) is 6.16 Å². The minimum absolute atomic E-state index is 0.219. The van der Waals surface area contributed by atoms with Gasteiger partial charge in [-0.3, -0.25) is 0 Å². The second-order valence-electron chi connectivity index (χ2n) is 7.10. The maximum atomic E-state index is 15.1. The van der Waals surface area contributed by atoms with Crippen LogP contribution in [0.2, 0.25) is 0 Å². The van der Waals surface area contributed by atoms with Gasteiger partial charge in [0.1, 0.15) is 0 Å². The summed E-state index contributed by atoms with van der Waals surface area (Å²) in [6, 6.07) is 36.7. The van der Waals surface area contributed by atoms with Crippen LogP contribution in [0.1, 0.15) is 5.56 Å². The Morgan fingerprint density at radius 1 is 0.621 bits per heavy atom. The molecule has 4 rings (SSSR count). The van der Waals surface area contributed by atoms with E-state index < -0.39 is 7.26 Å². The summed E-state index contributed by atoms with van der Waals surface area (Å²) in [7, 11) is -0.957. The fraction of sp³-hybridized carbons (Fsp3) is 0.0769. The minimum atomic E-state index is -2.56. The molecular formula is C26H24FOP. The summed E-state index contributed by atoms with van der Waals surface area (Å²) in [6.45, 7) is 0. The Hall–Kier alpha value is -2.96. The predicted octanol–water partition coefficient (Wildman–Crippen LogP) is 5.06. The van der Waals surface area contributed by atoms with E-state index >= 15 is 4.39 Å². The first-order valence-corrected chi connectivity index (χ1v) is 11.9. The monoisotopic (exact) mass is 402 g/mol.